The smallest absolute Gasteiger partial charge is 0.410 e. The molecule has 3 fully saturated rings. The highest BCUT2D eigenvalue weighted by atomic mass is 16.6. The molecule has 1 saturated carbocycles. The summed E-state index contributed by atoms with van der Waals surface area (Å²) < 4.78 is 11.2. The average Bonchev–Trinajstić information content (AvgIpc) is 3.18. The largest absolute Gasteiger partial charge is 0.444 e. The van der Waals surface area contributed by atoms with Crippen LogP contribution in [0.25, 0.3) is 0 Å². The summed E-state index contributed by atoms with van der Waals surface area (Å²) in [6.07, 6.45) is 4.24. The SMILES string of the molecule is CCNC(=NCCN(C(=O)OC(C)(C)C)C1CC1)N1CCC2(CCOC2)C1. The number of likely N-dealkylation sites (tertiary alicyclic amines) is 1. The van der Waals surface area contributed by atoms with Gasteiger partial charge < -0.3 is 24.6 Å². The van der Waals surface area contributed by atoms with Crippen molar-refractivity contribution >= 4 is 12.1 Å². The van der Waals surface area contributed by atoms with E-state index in [-0.39, 0.29) is 6.09 Å². The number of amides is 1. The van der Waals surface area contributed by atoms with E-state index in [0.29, 0.717) is 24.5 Å². The third-order valence-electron chi connectivity index (χ3n) is 5.48. The number of ether oxygens (including phenoxy) is 2. The van der Waals surface area contributed by atoms with Gasteiger partial charge >= 0.3 is 6.09 Å². The van der Waals surface area contributed by atoms with E-state index in [0.717, 1.165) is 58.1 Å². The zero-order valence-corrected chi connectivity index (χ0v) is 17.4. The Bertz CT molecular complexity index is 548. The second-order valence-electron chi connectivity index (χ2n) is 9.11. The van der Waals surface area contributed by atoms with Crippen molar-refractivity contribution in [2.75, 3.05) is 45.9 Å². The number of hydrogen-bond donors (Lipinski definition) is 1. The van der Waals surface area contributed by atoms with Gasteiger partial charge in [0.25, 0.3) is 0 Å². The first-order valence-corrected chi connectivity index (χ1v) is 10.4. The molecule has 3 aliphatic rings. The minimum Gasteiger partial charge on any atom is -0.444 e. The maximum Gasteiger partial charge on any atom is 0.410 e. The fraction of sp³-hybridized carbons (Fsp3) is 0.900. The normalized spacial score (nSPS) is 25.9. The number of hydrogen-bond acceptors (Lipinski definition) is 4. The number of aliphatic imine (C=N–C) groups is 1. The van der Waals surface area contributed by atoms with Crippen LogP contribution in [-0.4, -0.2) is 79.4 Å². The average molecular weight is 381 g/mol. The number of carbonyl (C=O) groups excluding carboxylic acids is 1. The minimum absolute atomic E-state index is 0.214. The summed E-state index contributed by atoms with van der Waals surface area (Å²) in [7, 11) is 0. The molecular formula is C20H36N4O3. The first-order chi connectivity index (χ1) is 12.8. The van der Waals surface area contributed by atoms with Gasteiger partial charge in [0.2, 0.25) is 0 Å². The van der Waals surface area contributed by atoms with Gasteiger partial charge in [0.1, 0.15) is 5.60 Å². The third kappa shape index (κ3) is 5.50. The maximum absolute atomic E-state index is 12.5. The molecule has 1 aliphatic carbocycles. The second-order valence-corrected chi connectivity index (χ2v) is 9.11. The molecule has 1 unspecified atom stereocenters. The molecule has 0 radical (unpaired) electrons. The van der Waals surface area contributed by atoms with Crippen molar-refractivity contribution in [3.8, 4) is 0 Å². The Morgan fingerprint density at radius 2 is 2.15 bits per heavy atom. The van der Waals surface area contributed by atoms with Gasteiger partial charge in [-0.2, -0.15) is 0 Å². The van der Waals surface area contributed by atoms with Gasteiger partial charge in [0, 0.05) is 44.2 Å². The molecule has 0 aromatic heterocycles. The Labute approximate surface area is 163 Å². The Hall–Kier alpha value is -1.50. The van der Waals surface area contributed by atoms with E-state index in [4.69, 9.17) is 14.5 Å². The molecule has 0 aromatic rings. The molecule has 154 valence electrons. The Balaban J connectivity index is 1.57. The molecule has 1 N–H and O–H groups in total. The van der Waals surface area contributed by atoms with Crippen molar-refractivity contribution in [2.24, 2.45) is 10.4 Å². The standard InChI is InChI=1S/C20H36N4O3/c1-5-21-17(23-11-8-20(14-23)9-13-26-15-20)22-10-12-24(16-6-7-16)18(25)27-19(2,3)4/h16H,5-15H2,1-4H3,(H,21,22). The summed E-state index contributed by atoms with van der Waals surface area (Å²) >= 11 is 0. The van der Waals surface area contributed by atoms with Crippen LogP contribution in [0.1, 0.15) is 53.4 Å². The van der Waals surface area contributed by atoms with Crippen LogP contribution in [0.3, 0.4) is 0 Å². The third-order valence-corrected chi connectivity index (χ3v) is 5.48. The fourth-order valence-corrected chi connectivity index (χ4v) is 3.91. The van der Waals surface area contributed by atoms with E-state index in [1.54, 1.807) is 0 Å². The van der Waals surface area contributed by atoms with Gasteiger partial charge in [-0.25, -0.2) is 4.79 Å². The molecule has 1 spiro atoms. The summed E-state index contributed by atoms with van der Waals surface area (Å²) in [4.78, 5) is 21.5. The Kier molecular flexibility index (Phi) is 6.18. The van der Waals surface area contributed by atoms with Gasteiger partial charge in [-0.3, -0.25) is 4.99 Å². The van der Waals surface area contributed by atoms with Gasteiger partial charge in [0.15, 0.2) is 5.96 Å². The maximum atomic E-state index is 12.5. The molecule has 3 rings (SSSR count). The first-order valence-electron chi connectivity index (χ1n) is 10.4. The van der Waals surface area contributed by atoms with Gasteiger partial charge in [-0.1, -0.05) is 0 Å². The van der Waals surface area contributed by atoms with Crippen LogP contribution < -0.4 is 5.32 Å². The molecule has 0 aromatic carbocycles. The molecule has 2 heterocycles. The molecule has 27 heavy (non-hydrogen) atoms. The number of carbonyl (C=O) groups is 1. The summed E-state index contributed by atoms with van der Waals surface area (Å²) in [6.45, 7) is 13.7. The number of guanidine groups is 1. The van der Waals surface area contributed by atoms with Gasteiger partial charge in [0.05, 0.1) is 13.2 Å². The topological polar surface area (TPSA) is 66.4 Å². The summed E-state index contributed by atoms with van der Waals surface area (Å²) in [5.41, 5.74) is -0.150. The van der Waals surface area contributed by atoms with Gasteiger partial charge in [-0.15, -0.1) is 0 Å². The van der Waals surface area contributed by atoms with E-state index in [9.17, 15) is 4.79 Å². The van der Waals surface area contributed by atoms with Crippen molar-refractivity contribution in [3.63, 3.8) is 0 Å². The monoisotopic (exact) mass is 380 g/mol. The predicted octanol–water partition coefficient (Wildman–Crippen LogP) is 2.46. The van der Waals surface area contributed by atoms with Crippen LogP contribution in [0.15, 0.2) is 4.99 Å². The molecule has 2 saturated heterocycles. The van der Waals surface area contributed by atoms with E-state index in [1.807, 2.05) is 25.7 Å². The zero-order chi connectivity index (χ0) is 19.5. The van der Waals surface area contributed by atoms with E-state index >= 15 is 0 Å². The van der Waals surface area contributed by atoms with Crippen LogP contribution in [0.2, 0.25) is 0 Å². The lowest BCUT2D eigenvalue weighted by atomic mass is 9.87. The molecule has 1 amide bonds. The molecule has 2 aliphatic heterocycles. The molecule has 7 nitrogen and oxygen atoms in total. The van der Waals surface area contributed by atoms with Crippen LogP contribution in [0.5, 0.6) is 0 Å². The molecule has 7 heteroatoms. The lowest BCUT2D eigenvalue weighted by molar-refractivity contribution is 0.0240. The van der Waals surface area contributed by atoms with Crippen molar-refractivity contribution in [1.82, 2.24) is 15.1 Å². The molecule has 1 atom stereocenters. The van der Waals surface area contributed by atoms with Crippen LogP contribution >= 0.6 is 0 Å². The van der Waals surface area contributed by atoms with Crippen LogP contribution in [0, 0.1) is 5.41 Å². The van der Waals surface area contributed by atoms with Crippen molar-refractivity contribution < 1.29 is 14.3 Å². The van der Waals surface area contributed by atoms with E-state index < -0.39 is 5.60 Å². The summed E-state index contributed by atoms with van der Waals surface area (Å²) in [5, 5.41) is 3.42. The van der Waals surface area contributed by atoms with Crippen molar-refractivity contribution in [2.45, 2.75) is 65.0 Å². The molecule has 0 bridgehead atoms. The fourth-order valence-electron chi connectivity index (χ4n) is 3.91. The Morgan fingerprint density at radius 3 is 2.74 bits per heavy atom. The quantitative estimate of drug-likeness (QED) is 0.586. The highest BCUT2D eigenvalue weighted by Gasteiger charge is 2.42. The van der Waals surface area contributed by atoms with Crippen molar-refractivity contribution in [3.05, 3.63) is 0 Å². The van der Waals surface area contributed by atoms with Crippen LogP contribution in [0.4, 0.5) is 4.79 Å². The van der Waals surface area contributed by atoms with Crippen LogP contribution in [-0.2, 0) is 9.47 Å². The highest BCUT2D eigenvalue weighted by molar-refractivity contribution is 5.80. The Morgan fingerprint density at radius 1 is 1.37 bits per heavy atom. The summed E-state index contributed by atoms with van der Waals surface area (Å²) in [5.74, 6) is 0.959. The zero-order valence-electron chi connectivity index (χ0n) is 17.4. The number of rotatable bonds is 5. The van der Waals surface area contributed by atoms with E-state index in [1.165, 1.54) is 6.42 Å². The summed E-state index contributed by atoms with van der Waals surface area (Å²) in [6, 6.07) is 0.323. The lowest BCUT2D eigenvalue weighted by Gasteiger charge is -2.27. The van der Waals surface area contributed by atoms with E-state index in [2.05, 4.69) is 17.1 Å². The molecular weight excluding hydrogens is 344 g/mol. The van der Waals surface area contributed by atoms with Crippen molar-refractivity contribution in [1.29, 1.82) is 0 Å². The highest BCUT2D eigenvalue weighted by Crippen LogP contribution is 2.38. The minimum atomic E-state index is -0.463. The lowest BCUT2D eigenvalue weighted by Crippen LogP contribution is -2.43. The number of nitrogens with one attached hydrogen (secondary N) is 1. The predicted molar refractivity (Wildman–Crippen MR) is 106 cm³/mol. The van der Waals surface area contributed by atoms with Gasteiger partial charge in [-0.05, 0) is 53.4 Å². The first kappa shape index (κ1) is 20.2. The second kappa shape index (κ2) is 8.25. The number of nitrogens with zero attached hydrogens (tertiary/aromatic N) is 3.